The number of carbonyl (C=O) groups excluding carboxylic acids is 8. The second-order valence-electron chi connectivity index (χ2n) is 24.7. The number of fused-ring (bicyclic) bond motifs is 2. The van der Waals surface area contributed by atoms with Gasteiger partial charge in [0.25, 0.3) is 18.2 Å². The number of β-amino-alcohol motifs (C(OH)–C–C–N with tert-alkyl or cyclic N) is 1. The number of nitrogens with two attached hydrogens (primary N) is 1. The van der Waals surface area contributed by atoms with E-state index in [9.17, 15) is 74.6 Å². The van der Waals surface area contributed by atoms with E-state index in [2.05, 4.69) is 61.4 Å². The molecule has 16 N–H and O–H groups in total. The molecular formula is C64H84N13NaO21S2. The number of phenolic OH excluding ortho intramolecular Hbond substituents is 1. The van der Waals surface area contributed by atoms with Crippen molar-refractivity contribution in [3.63, 3.8) is 0 Å². The van der Waals surface area contributed by atoms with E-state index in [0.717, 1.165) is 73.1 Å². The fourth-order valence-electron chi connectivity index (χ4n) is 11.7. The predicted molar refractivity (Wildman–Crippen MR) is 353 cm³/mol. The number of methoxy groups -OCH3 is 1. The summed E-state index contributed by atoms with van der Waals surface area (Å²) in [4.78, 5) is 124. The van der Waals surface area contributed by atoms with Gasteiger partial charge in [-0.2, -0.15) is 0 Å². The van der Waals surface area contributed by atoms with Gasteiger partial charge in [-0.3, -0.25) is 43.4 Å². The molecule has 3 aromatic carbocycles. The average molecular weight is 1460 g/mol. The Morgan fingerprint density at radius 3 is 2.10 bits per heavy atom. The number of H-pyrrole nitrogens is 1. The molecule has 0 aliphatic carbocycles. The summed E-state index contributed by atoms with van der Waals surface area (Å²) >= 11 is 1.28. The van der Waals surface area contributed by atoms with Crippen LogP contribution in [0.4, 0.5) is 0 Å². The summed E-state index contributed by atoms with van der Waals surface area (Å²) in [7, 11) is 1.69. The Bertz CT molecular complexity index is 3550. The maximum atomic E-state index is 15.1. The van der Waals surface area contributed by atoms with Crippen LogP contribution in [0.1, 0.15) is 86.8 Å². The maximum Gasteiger partial charge on any atom is 1.00 e. The van der Waals surface area contributed by atoms with Crippen molar-refractivity contribution in [2.45, 2.75) is 157 Å². The molecule has 0 unspecified atom stereocenters. The third kappa shape index (κ3) is 22.5. The summed E-state index contributed by atoms with van der Waals surface area (Å²) in [5, 5.41) is 118. The molecule has 3 aliphatic rings. The van der Waals surface area contributed by atoms with Crippen LogP contribution in [0.15, 0.2) is 79.3 Å². The first-order valence-electron chi connectivity index (χ1n) is 32.4. The zero-order valence-corrected chi connectivity index (χ0v) is 59.5. The molecule has 8 amide bonds. The van der Waals surface area contributed by atoms with E-state index < -0.39 is 183 Å². The van der Waals surface area contributed by atoms with Crippen LogP contribution < -0.4 is 81.4 Å². The second-order valence-corrected chi connectivity index (χ2v) is 26.1. The molecule has 101 heavy (non-hydrogen) atoms. The van der Waals surface area contributed by atoms with Crippen molar-refractivity contribution < 1.29 is 132 Å². The summed E-state index contributed by atoms with van der Waals surface area (Å²) < 4.78 is 20.3. The minimum absolute atomic E-state index is 0. The minimum Gasteiger partial charge on any atom is -0.691 e. The number of aliphatic hydroxyl groups excluding tert-OH is 6. The van der Waals surface area contributed by atoms with Gasteiger partial charge in [-0.1, -0.05) is 55.7 Å². The summed E-state index contributed by atoms with van der Waals surface area (Å²) in [6.45, 7) is 1.83. The van der Waals surface area contributed by atoms with Gasteiger partial charge >= 0.3 is 29.6 Å². The molecule has 3 fully saturated rings. The van der Waals surface area contributed by atoms with Crippen molar-refractivity contribution >= 4 is 70.9 Å². The van der Waals surface area contributed by atoms with E-state index in [1.807, 2.05) is 24.3 Å². The molecule has 2 aromatic heterocycles. The Kier molecular flexibility index (Phi) is 31.4. The van der Waals surface area contributed by atoms with Crippen LogP contribution in [0.25, 0.3) is 21.1 Å². The van der Waals surface area contributed by atoms with E-state index in [1.165, 1.54) is 49.0 Å². The molecule has 544 valence electrons. The van der Waals surface area contributed by atoms with Crippen LogP contribution in [-0.4, -0.2) is 238 Å². The van der Waals surface area contributed by atoms with Gasteiger partial charge in [0, 0.05) is 100 Å². The first-order valence-corrected chi connectivity index (χ1v) is 33.9. The molecule has 0 saturated carbocycles. The molecule has 3 saturated heterocycles. The van der Waals surface area contributed by atoms with E-state index >= 15 is 4.79 Å². The van der Waals surface area contributed by atoms with Crippen LogP contribution in [-0.2, 0) is 60.5 Å². The number of aliphatic hydroxyl groups is 6. The molecule has 8 rings (SSSR count). The number of imidazole rings is 1. The number of amides is 8. The number of aromatic amines is 1. The third-order valence-electron chi connectivity index (χ3n) is 17.1. The zero-order valence-electron chi connectivity index (χ0n) is 55.9. The quantitative estimate of drug-likeness (QED) is 0.00730. The maximum absolute atomic E-state index is 15.1. The fraction of sp³-hybridized carbons (Fsp3) is 0.516. The molecule has 34 nitrogen and oxygen atoms in total. The Balaban J connectivity index is 0.0000143. The van der Waals surface area contributed by atoms with E-state index in [1.54, 1.807) is 19.2 Å². The van der Waals surface area contributed by atoms with E-state index in [-0.39, 0.29) is 71.7 Å². The van der Waals surface area contributed by atoms with Crippen molar-refractivity contribution in [2.75, 3.05) is 46.5 Å². The molecule has 0 spiro atoms. The Hall–Kier alpha value is -7.50. The summed E-state index contributed by atoms with van der Waals surface area (Å²) in [5.74, 6) is -9.85. The summed E-state index contributed by atoms with van der Waals surface area (Å²) in [5.41, 5.74) is 8.08. The van der Waals surface area contributed by atoms with Crippen molar-refractivity contribution in [1.82, 2.24) is 61.9 Å². The SMILES string of the molecule is COCCCCCCCOc1ccc(-c2nnc(-c3ccc(C(=O)N[C@H]4C[C@H](O)CNC(=O)[C@@H]5[C@@H](O)[C@H](C)CN5C(=O)[C@H]([C@H](O)CCNC(=O)[C@@H](N)Cc5cnc[nH]5)NC(=O)[C@H]([C@H](O)Cc5ccc(O)c(OSOO[O-])c5)NC(=O)[C@@H]5C[C@H](O)CN5C(=O)[C@H]([C@H](C)O)NC4=O)cc3)s2)cc1.[Na+]. The number of hydrogen-bond acceptors (Lipinski definition) is 27. The normalized spacial score (nSPS) is 23.7. The van der Waals surface area contributed by atoms with Gasteiger partial charge in [0.1, 0.15) is 52.0 Å². The number of rotatable bonds is 28. The van der Waals surface area contributed by atoms with Crippen LogP contribution in [0.5, 0.6) is 17.2 Å². The van der Waals surface area contributed by atoms with Gasteiger partial charge in [-0.05, 0) is 80.3 Å². The van der Waals surface area contributed by atoms with Gasteiger partial charge in [-0.25, -0.2) is 4.98 Å². The van der Waals surface area contributed by atoms with Gasteiger partial charge in [0.15, 0.2) is 11.5 Å². The number of phenols is 1. The number of benzene rings is 3. The molecule has 0 bridgehead atoms. The van der Waals surface area contributed by atoms with Crippen LogP contribution in [0.2, 0.25) is 0 Å². The number of hydrogen-bond donors (Lipinski definition) is 15. The second kappa shape index (κ2) is 39.2. The van der Waals surface area contributed by atoms with Gasteiger partial charge < -0.3 is 107 Å². The predicted octanol–water partition coefficient (Wildman–Crippen LogP) is -5.53. The monoisotopic (exact) mass is 1460 g/mol. The van der Waals surface area contributed by atoms with Crippen molar-refractivity contribution in [2.24, 2.45) is 11.7 Å². The summed E-state index contributed by atoms with van der Waals surface area (Å²) in [6, 6.07) is 4.23. The van der Waals surface area contributed by atoms with Crippen molar-refractivity contribution in [3.05, 3.63) is 96.1 Å². The standard InChI is InChI=1S/C64H85N13O21S2.Na/c1-33-30-77-53(54(33)84)60(90)68-29-40(79)26-44(70-55(85)36-10-12-37(13-11-36)61-74-75-62(99-61)38-14-16-42(17-15-38)95-22-8-6-4-5-7-21-94-3)57(87)71-50(34(2)78)63(91)76-31-41(80)27-45(76)58(88)72-51(48(83)23-35-9-18-46(81)49(24-35)96-100-98-97-93)59(89)73-52(64(77)92)47(82)19-20-67-56(86)43(65)25-39-28-66-32-69-39;/h9-18,24,28,32-34,40-41,43-45,47-48,50-54,78-84,93H,4-8,19-23,25-27,29-31,65H2,1-3H3,(H,66,69)(H,67,86)(H,68,90)(H,70,85)(H,71,87)(H,72,88)(H,73,89);/q;+1/p-1/t33-,34+,40+,41+,43+,44+,45+,47-,48-,50+,51+,52+,53+,54+;/m1./s1. The number of carbonyl (C=O) groups is 8. The van der Waals surface area contributed by atoms with Crippen LogP contribution in [0, 0.1) is 5.92 Å². The molecule has 5 aromatic rings. The molecule has 37 heteroatoms. The smallest absolute Gasteiger partial charge is 0.691 e. The number of unbranched alkanes of at least 4 members (excludes halogenated alkanes) is 4. The minimum atomic E-state index is -2.20. The van der Waals surface area contributed by atoms with E-state index in [4.69, 9.17) is 19.4 Å². The number of nitrogens with zero attached hydrogens (tertiary/aromatic N) is 5. The Morgan fingerprint density at radius 1 is 0.782 bits per heavy atom. The number of nitrogens with one attached hydrogen (secondary N) is 7. The molecule has 14 atom stereocenters. The topological polar surface area (TPSA) is 507 Å². The van der Waals surface area contributed by atoms with Gasteiger partial charge in [-0.15, -0.1) is 14.5 Å². The van der Waals surface area contributed by atoms with Crippen LogP contribution >= 0.6 is 23.7 Å². The van der Waals surface area contributed by atoms with Gasteiger partial charge in [0.05, 0.1) is 55.6 Å². The number of ether oxygens (including phenoxy) is 2. The molecular weight excluding hydrogens is 1370 g/mol. The summed E-state index contributed by atoms with van der Waals surface area (Å²) in [6.07, 6.45) is -5.00. The Morgan fingerprint density at radius 2 is 1.44 bits per heavy atom. The molecule has 5 heterocycles. The largest absolute Gasteiger partial charge is 1.00 e. The first-order chi connectivity index (χ1) is 47.9. The first kappa shape index (κ1) is 80.8. The van der Waals surface area contributed by atoms with E-state index in [0.29, 0.717) is 33.6 Å². The van der Waals surface area contributed by atoms with Crippen LogP contribution in [0.3, 0.4) is 0 Å². The fourth-order valence-corrected chi connectivity index (χ4v) is 12.8. The van der Waals surface area contributed by atoms with Crippen molar-refractivity contribution in [1.29, 1.82) is 0 Å². The molecule has 0 radical (unpaired) electrons. The molecule has 3 aliphatic heterocycles. The third-order valence-corrected chi connectivity index (χ3v) is 18.5. The number of aromatic hydroxyl groups is 1. The zero-order chi connectivity index (χ0) is 72.2. The van der Waals surface area contributed by atoms with Crippen molar-refractivity contribution in [3.8, 4) is 38.4 Å². The Labute approximate surface area is 610 Å². The van der Waals surface area contributed by atoms with Gasteiger partial charge in [0.2, 0.25) is 41.4 Å². The number of aromatic nitrogens is 4. The average Bonchev–Trinajstić information content (AvgIpc) is 1.58.